The van der Waals surface area contributed by atoms with Crippen molar-refractivity contribution < 1.29 is 24.9 Å². The van der Waals surface area contributed by atoms with E-state index in [2.05, 4.69) is 6.08 Å². The zero-order valence-electron chi connectivity index (χ0n) is 22.1. The fraction of sp³-hybridized carbons (Fsp3) is 0.419. The second-order valence-corrected chi connectivity index (χ2v) is 10.4. The molecule has 196 valence electrons. The highest BCUT2D eigenvalue weighted by atomic mass is 16.3. The lowest BCUT2D eigenvalue weighted by atomic mass is 9.67. The number of aryl methyl sites for hydroxylation is 2. The van der Waals surface area contributed by atoms with Crippen LogP contribution in [0.1, 0.15) is 56.2 Å². The van der Waals surface area contributed by atoms with E-state index in [1.165, 1.54) is 4.90 Å². The fourth-order valence-corrected chi connectivity index (χ4v) is 6.08. The third-order valence-corrected chi connectivity index (χ3v) is 7.92. The Bertz CT molecular complexity index is 1220. The zero-order valence-corrected chi connectivity index (χ0v) is 22.1. The Balaban J connectivity index is 1.55. The van der Waals surface area contributed by atoms with Gasteiger partial charge in [0.05, 0.1) is 30.2 Å². The molecule has 6 heteroatoms. The zero-order chi connectivity index (χ0) is 26.9. The summed E-state index contributed by atoms with van der Waals surface area (Å²) in [6.07, 6.45) is 3.41. The number of imide groups is 1. The Hall–Kier alpha value is -3.22. The number of benzene rings is 2. The molecule has 2 amide bonds. The van der Waals surface area contributed by atoms with E-state index in [1.54, 1.807) is 24.3 Å². The molecule has 2 aromatic carbocycles. The van der Waals surface area contributed by atoms with E-state index in [4.69, 9.17) is 0 Å². The van der Waals surface area contributed by atoms with E-state index in [0.29, 0.717) is 37.1 Å². The molecule has 0 radical (unpaired) electrons. The van der Waals surface area contributed by atoms with Crippen LogP contribution in [-0.4, -0.2) is 39.8 Å². The minimum Gasteiger partial charge on any atom is -0.507 e. The molecule has 1 saturated heterocycles. The molecule has 3 N–H and O–H groups in total. The van der Waals surface area contributed by atoms with Gasteiger partial charge in [0.25, 0.3) is 0 Å². The minimum atomic E-state index is -0.812. The van der Waals surface area contributed by atoms with Gasteiger partial charge in [-0.15, -0.1) is 0 Å². The number of hydrogen-bond acceptors (Lipinski definition) is 5. The smallest absolute Gasteiger partial charge is 0.238 e. The molecule has 4 rings (SSSR count). The van der Waals surface area contributed by atoms with E-state index >= 15 is 0 Å². The maximum atomic E-state index is 13.5. The molecule has 2 aromatic rings. The second kappa shape index (κ2) is 11.0. The van der Waals surface area contributed by atoms with Gasteiger partial charge < -0.3 is 15.3 Å². The summed E-state index contributed by atoms with van der Waals surface area (Å²) in [5.41, 5.74) is 5.96. The van der Waals surface area contributed by atoms with E-state index in [1.807, 2.05) is 45.9 Å². The van der Waals surface area contributed by atoms with Crippen LogP contribution in [0.25, 0.3) is 6.08 Å². The molecule has 1 aliphatic carbocycles. The lowest BCUT2D eigenvalue weighted by Crippen LogP contribution is -2.39. The molecule has 6 nitrogen and oxygen atoms in total. The van der Waals surface area contributed by atoms with E-state index in [9.17, 15) is 24.9 Å². The van der Waals surface area contributed by atoms with Crippen molar-refractivity contribution >= 4 is 23.6 Å². The van der Waals surface area contributed by atoms with Gasteiger partial charge in [-0.3, -0.25) is 14.5 Å². The Kier molecular flexibility index (Phi) is 8.00. The first-order valence-electron chi connectivity index (χ1n) is 13.1. The number of fused-ring (bicyclic) bond motifs is 1. The van der Waals surface area contributed by atoms with Crippen LogP contribution in [0.3, 0.4) is 0 Å². The van der Waals surface area contributed by atoms with Crippen molar-refractivity contribution in [2.24, 2.45) is 17.8 Å². The number of aliphatic hydroxyl groups is 2. The monoisotopic (exact) mass is 503 g/mol. The molecule has 37 heavy (non-hydrogen) atoms. The number of amides is 2. The van der Waals surface area contributed by atoms with Gasteiger partial charge in [0.2, 0.25) is 11.8 Å². The average molecular weight is 504 g/mol. The highest BCUT2D eigenvalue weighted by molar-refractivity contribution is 6.22. The number of carbonyl (C=O) groups is 2. The van der Waals surface area contributed by atoms with Crippen LogP contribution < -0.4 is 4.90 Å². The summed E-state index contributed by atoms with van der Waals surface area (Å²) in [6.45, 7) is 7.46. The molecule has 2 aliphatic rings. The van der Waals surface area contributed by atoms with Gasteiger partial charge in [-0.05, 0) is 93.0 Å². The molecule has 0 bridgehead atoms. The standard InChI is InChI=1S/C31H37NO5/c1-5-22-16-24-28(31(37)32(30(24)36)23-9-7-6-8-10-23)25(17-33)27(22)26(34)12-11-18(2)13-21-14-19(3)29(35)20(4)15-21/h6-10,13-15,24-26,28,33-35H,5,11-12,16-17H2,1-4H3/b18-13+/t24-,25+,26-,28-/m1/s1. The van der Waals surface area contributed by atoms with Crippen LogP contribution in [0.4, 0.5) is 5.69 Å². The van der Waals surface area contributed by atoms with E-state index in [-0.39, 0.29) is 18.4 Å². The van der Waals surface area contributed by atoms with Crippen LogP contribution in [0.5, 0.6) is 5.75 Å². The van der Waals surface area contributed by atoms with Crippen molar-refractivity contribution in [2.45, 2.75) is 59.5 Å². The van der Waals surface area contributed by atoms with Gasteiger partial charge in [0.1, 0.15) is 5.75 Å². The number of anilines is 1. The summed E-state index contributed by atoms with van der Waals surface area (Å²) >= 11 is 0. The number of carbonyl (C=O) groups excluding carboxylic acids is 2. The van der Waals surface area contributed by atoms with Gasteiger partial charge in [0, 0.05) is 5.92 Å². The first-order valence-corrected chi connectivity index (χ1v) is 13.1. The summed E-state index contributed by atoms with van der Waals surface area (Å²) < 4.78 is 0. The Morgan fingerprint density at radius 1 is 1.11 bits per heavy atom. The number of phenols is 1. The third-order valence-electron chi connectivity index (χ3n) is 7.92. The number of phenolic OH excluding ortho intramolecular Hbond substituents is 1. The number of rotatable bonds is 8. The van der Waals surface area contributed by atoms with Crippen molar-refractivity contribution in [3.05, 3.63) is 75.9 Å². The van der Waals surface area contributed by atoms with Gasteiger partial charge in [0.15, 0.2) is 0 Å². The summed E-state index contributed by atoms with van der Waals surface area (Å²) in [4.78, 5) is 28.1. The van der Waals surface area contributed by atoms with Crippen LogP contribution >= 0.6 is 0 Å². The molecule has 1 fully saturated rings. The summed E-state index contributed by atoms with van der Waals surface area (Å²) in [7, 11) is 0. The Morgan fingerprint density at radius 3 is 2.35 bits per heavy atom. The molecule has 1 heterocycles. The summed E-state index contributed by atoms with van der Waals surface area (Å²) in [5, 5.41) is 31.8. The van der Waals surface area contributed by atoms with Crippen molar-refractivity contribution in [1.82, 2.24) is 0 Å². The predicted molar refractivity (Wildman–Crippen MR) is 145 cm³/mol. The first-order chi connectivity index (χ1) is 17.7. The van der Waals surface area contributed by atoms with Gasteiger partial charge >= 0.3 is 0 Å². The van der Waals surface area contributed by atoms with Gasteiger partial charge in [-0.1, -0.05) is 42.3 Å². The SMILES string of the molecule is CCC1=C([C@H](O)CC/C(C)=C/c2cc(C)c(O)c(C)c2)[C@H](CO)[C@@H]2C(=O)N(c3ccccc3)C(=O)[C@@H]2C1. The Morgan fingerprint density at radius 2 is 1.76 bits per heavy atom. The number of allylic oxidation sites excluding steroid dienone is 2. The van der Waals surface area contributed by atoms with Crippen LogP contribution in [0.15, 0.2) is 59.2 Å². The summed E-state index contributed by atoms with van der Waals surface area (Å²) in [5.74, 6) is -1.98. The lowest BCUT2D eigenvalue weighted by molar-refractivity contribution is -0.123. The largest absolute Gasteiger partial charge is 0.507 e. The van der Waals surface area contributed by atoms with Crippen molar-refractivity contribution in [2.75, 3.05) is 11.5 Å². The average Bonchev–Trinajstić information content (AvgIpc) is 3.14. The summed E-state index contributed by atoms with van der Waals surface area (Å²) in [6, 6.07) is 12.8. The number of aromatic hydroxyl groups is 1. The molecular weight excluding hydrogens is 466 g/mol. The molecule has 0 saturated carbocycles. The lowest BCUT2D eigenvalue weighted by Gasteiger charge is -2.36. The van der Waals surface area contributed by atoms with Gasteiger partial charge in [-0.25, -0.2) is 0 Å². The highest BCUT2D eigenvalue weighted by Gasteiger charge is 2.55. The topological polar surface area (TPSA) is 98.1 Å². The van der Waals surface area contributed by atoms with E-state index in [0.717, 1.165) is 33.4 Å². The predicted octanol–water partition coefficient (Wildman–Crippen LogP) is 5.08. The van der Waals surface area contributed by atoms with Crippen molar-refractivity contribution in [3.8, 4) is 5.75 Å². The maximum Gasteiger partial charge on any atom is 0.238 e. The molecule has 0 unspecified atom stereocenters. The van der Waals surface area contributed by atoms with Crippen LogP contribution in [0, 0.1) is 31.6 Å². The molecule has 0 aromatic heterocycles. The minimum absolute atomic E-state index is 0.225. The van der Waals surface area contributed by atoms with Crippen LogP contribution in [0.2, 0.25) is 0 Å². The van der Waals surface area contributed by atoms with Crippen molar-refractivity contribution in [3.63, 3.8) is 0 Å². The quantitative estimate of drug-likeness (QED) is 0.345. The number of para-hydroxylation sites is 1. The normalized spacial score (nSPS) is 23.0. The van der Waals surface area contributed by atoms with E-state index < -0.39 is 23.9 Å². The Labute approximate surface area is 218 Å². The highest BCUT2D eigenvalue weighted by Crippen LogP contribution is 2.47. The third kappa shape index (κ3) is 5.13. The number of hydrogen-bond donors (Lipinski definition) is 3. The molecule has 4 atom stereocenters. The molecular formula is C31H37NO5. The maximum absolute atomic E-state index is 13.5. The fourth-order valence-electron chi connectivity index (χ4n) is 6.08. The molecule has 1 aliphatic heterocycles. The van der Waals surface area contributed by atoms with Crippen LogP contribution in [-0.2, 0) is 9.59 Å². The number of aliphatic hydroxyl groups excluding tert-OH is 2. The first kappa shape index (κ1) is 26.8. The van der Waals surface area contributed by atoms with Gasteiger partial charge in [-0.2, -0.15) is 0 Å². The molecule has 0 spiro atoms. The second-order valence-electron chi connectivity index (χ2n) is 10.4. The van der Waals surface area contributed by atoms with Crippen molar-refractivity contribution in [1.29, 1.82) is 0 Å². The number of nitrogens with zero attached hydrogens (tertiary/aromatic N) is 1.